The monoisotopic (exact) mass is 243 g/mol. The third-order valence-corrected chi connectivity index (χ3v) is 3.54. The van der Waals surface area contributed by atoms with Crippen LogP contribution in [0.4, 0.5) is 4.39 Å². The number of hydrogen-bond acceptors (Lipinski definition) is 4. The Bertz CT molecular complexity index is 564. The minimum atomic E-state index is -0.559. The fourth-order valence-corrected chi connectivity index (χ4v) is 2.58. The summed E-state index contributed by atoms with van der Waals surface area (Å²) in [5, 5.41) is 9.10. The van der Waals surface area contributed by atoms with Crippen molar-refractivity contribution in [2.24, 2.45) is 0 Å². The zero-order valence-electron chi connectivity index (χ0n) is 9.44. The lowest BCUT2D eigenvalue weighted by Crippen LogP contribution is -2.31. The number of rotatable bonds is 3. The number of aliphatic hydroxyl groups excluding tert-OH is 1. The van der Waals surface area contributed by atoms with Crippen LogP contribution in [-0.4, -0.2) is 27.4 Å². The highest BCUT2D eigenvalue weighted by Crippen LogP contribution is 2.27. The molecule has 3 rings (SSSR count). The summed E-state index contributed by atoms with van der Waals surface area (Å²) in [4.78, 5) is 4.61. The molecule has 86 valence electrons. The predicted octanol–water partition coefficient (Wildman–Crippen LogP) is 1.52. The van der Waals surface area contributed by atoms with Crippen molar-refractivity contribution >= 4 is 21.7 Å². The molecule has 1 fully saturated rings. The van der Waals surface area contributed by atoms with Crippen LogP contribution in [0.2, 0.25) is 0 Å². The van der Waals surface area contributed by atoms with Gasteiger partial charge in [0.1, 0.15) is 22.8 Å². The Morgan fingerprint density at radius 3 is 3.25 bits per heavy atom. The molecule has 1 N–H and O–H groups in total. The van der Waals surface area contributed by atoms with Crippen LogP contribution in [0.3, 0.4) is 0 Å². The minimum absolute atomic E-state index is 0.0613. The van der Waals surface area contributed by atoms with E-state index in [1.165, 1.54) is 0 Å². The van der Waals surface area contributed by atoms with Gasteiger partial charge in [0.05, 0.1) is 14.0 Å². The van der Waals surface area contributed by atoms with E-state index in [2.05, 4.69) is 4.98 Å². The molecule has 0 unspecified atom stereocenters. The number of aliphatic hydroxyl groups is 1. The van der Waals surface area contributed by atoms with Crippen LogP contribution < -0.4 is 0 Å². The third kappa shape index (κ3) is 1.45. The molecule has 0 saturated carbocycles. The summed E-state index contributed by atoms with van der Waals surface area (Å²) in [6, 6.07) is 0. The van der Waals surface area contributed by atoms with Crippen LogP contribution in [-0.2, 0) is 17.9 Å². The number of imidazole rings is 1. The van der Waals surface area contributed by atoms with Gasteiger partial charge in [-0.05, 0) is 6.42 Å². The summed E-state index contributed by atoms with van der Waals surface area (Å²) in [5.74, 6) is -0.128. The molecule has 0 aromatic carbocycles. The molecule has 1 atom stereocenters. The van der Waals surface area contributed by atoms with Crippen molar-refractivity contribution in [3.8, 4) is 0 Å². The van der Waals surface area contributed by atoms with Gasteiger partial charge >= 0.3 is 0 Å². The molecule has 0 radical (unpaired) electrons. The number of aromatic nitrogens is 2. The third-order valence-electron chi connectivity index (χ3n) is 2.78. The van der Waals surface area contributed by atoms with Gasteiger partial charge in [0.25, 0.3) is 0 Å². The van der Waals surface area contributed by atoms with Crippen LogP contribution in [0.1, 0.15) is 13.6 Å². The zero-order valence-corrected chi connectivity index (χ0v) is 9.26. The number of fused-ring (bicyclic) bond motifs is 1. The zero-order chi connectivity index (χ0) is 12.0. The first-order chi connectivity index (χ1) is 8.20. The maximum atomic E-state index is 13.8. The first-order valence-corrected chi connectivity index (χ1v) is 5.89. The molecule has 4 nitrogen and oxygen atoms in total. The predicted molar refractivity (Wildman–Crippen MR) is 57.8 cm³/mol. The Balaban J connectivity index is 2.09. The number of thiophene rings is 1. The van der Waals surface area contributed by atoms with Crippen molar-refractivity contribution in [1.29, 1.82) is 0 Å². The standard InChI is InChI=1S/C10H11FN2O2S/c11-7-5-16-10-9(7)13(8(4-14)12-10)3-6-1-2-15-6/h5-6,14H,1-4H2/t6-/m0/s1/i5D. The molecule has 0 amide bonds. The molecular weight excluding hydrogens is 231 g/mol. The highest BCUT2D eigenvalue weighted by Gasteiger charge is 2.23. The minimum Gasteiger partial charge on any atom is -0.388 e. The molecule has 16 heavy (non-hydrogen) atoms. The SMILES string of the molecule is [2H]c1sc2nc(CO)n(C[C@@H]3CCO3)c2c1F. The lowest BCUT2D eigenvalue weighted by Gasteiger charge is -2.27. The Labute approximate surface area is 96.7 Å². The molecule has 0 bridgehead atoms. The average Bonchev–Trinajstić information content (AvgIpc) is 2.72. The van der Waals surface area contributed by atoms with Crippen molar-refractivity contribution in [3.05, 3.63) is 17.0 Å². The van der Waals surface area contributed by atoms with Crippen LogP contribution >= 0.6 is 11.3 Å². The number of halogens is 1. The highest BCUT2D eigenvalue weighted by molar-refractivity contribution is 7.16. The fourth-order valence-electron chi connectivity index (χ4n) is 1.85. The quantitative estimate of drug-likeness (QED) is 0.889. The van der Waals surface area contributed by atoms with Gasteiger partial charge in [0.2, 0.25) is 0 Å². The Hall–Kier alpha value is -0.980. The van der Waals surface area contributed by atoms with Gasteiger partial charge in [-0.2, -0.15) is 0 Å². The Kier molecular flexibility index (Phi) is 2.16. The van der Waals surface area contributed by atoms with Gasteiger partial charge in [0.15, 0.2) is 5.82 Å². The number of nitrogens with zero attached hydrogens (tertiary/aromatic N) is 2. The van der Waals surface area contributed by atoms with Crippen molar-refractivity contribution < 1.29 is 15.6 Å². The Morgan fingerprint density at radius 2 is 2.62 bits per heavy atom. The molecule has 0 aliphatic carbocycles. The van der Waals surface area contributed by atoms with E-state index in [9.17, 15) is 9.50 Å². The first-order valence-electron chi connectivity index (χ1n) is 5.57. The van der Waals surface area contributed by atoms with Crippen LogP contribution in [0.5, 0.6) is 0 Å². The van der Waals surface area contributed by atoms with Gasteiger partial charge in [-0.15, -0.1) is 11.3 Å². The highest BCUT2D eigenvalue weighted by atomic mass is 32.1. The Morgan fingerprint density at radius 1 is 1.81 bits per heavy atom. The van der Waals surface area contributed by atoms with E-state index in [0.29, 0.717) is 22.7 Å². The smallest absolute Gasteiger partial charge is 0.159 e. The molecular formula is C10H11FN2O2S. The van der Waals surface area contributed by atoms with Crippen molar-refractivity contribution in [1.82, 2.24) is 9.55 Å². The topological polar surface area (TPSA) is 47.3 Å². The second-order valence-electron chi connectivity index (χ2n) is 3.75. The van der Waals surface area contributed by atoms with E-state index in [4.69, 9.17) is 6.11 Å². The molecule has 1 aliphatic rings. The molecule has 6 heteroatoms. The van der Waals surface area contributed by atoms with E-state index >= 15 is 0 Å². The maximum absolute atomic E-state index is 13.8. The van der Waals surface area contributed by atoms with E-state index in [0.717, 1.165) is 24.4 Å². The van der Waals surface area contributed by atoms with Crippen LogP contribution in [0, 0.1) is 5.82 Å². The van der Waals surface area contributed by atoms with E-state index in [1.807, 2.05) is 0 Å². The molecule has 1 aliphatic heterocycles. The maximum Gasteiger partial charge on any atom is 0.159 e. The fraction of sp³-hybridized carbons (Fsp3) is 0.500. The van der Waals surface area contributed by atoms with Gasteiger partial charge in [0, 0.05) is 12.0 Å². The number of hydrogen-bond donors (Lipinski definition) is 1. The summed E-state index contributed by atoms with van der Waals surface area (Å²) in [7, 11) is 0. The van der Waals surface area contributed by atoms with Gasteiger partial charge in [-0.1, -0.05) is 0 Å². The van der Waals surface area contributed by atoms with Crippen molar-refractivity contribution in [2.45, 2.75) is 25.7 Å². The second kappa shape index (κ2) is 3.80. The molecule has 3 heterocycles. The molecule has 1 saturated heterocycles. The summed E-state index contributed by atoms with van der Waals surface area (Å²) in [6.07, 6.45) is 0.996. The summed E-state index contributed by atoms with van der Waals surface area (Å²) < 4.78 is 28.1. The lowest BCUT2D eigenvalue weighted by atomic mass is 10.2. The summed E-state index contributed by atoms with van der Waals surface area (Å²) >= 11 is 0.990. The summed E-state index contributed by atoms with van der Waals surface area (Å²) in [5.41, 5.74) is 0.319. The van der Waals surface area contributed by atoms with Crippen LogP contribution in [0.15, 0.2) is 5.36 Å². The van der Waals surface area contributed by atoms with Crippen molar-refractivity contribution in [2.75, 3.05) is 6.61 Å². The number of ether oxygens (including phenoxy) is 1. The molecule has 2 aromatic heterocycles. The van der Waals surface area contributed by atoms with E-state index in [-0.39, 0.29) is 18.1 Å². The largest absolute Gasteiger partial charge is 0.388 e. The van der Waals surface area contributed by atoms with E-state index in [1.54, 1.807) is 4.57 Å². The second-order valence-corrected chi connectivity index (χ2v) is 4.55. The van der Waals surface area contributed by atoms with E-state index < -0.39 is 5.82 Å². The van der Waals surface area contributed by atoms with Gasteiger partial charge < -0.3 is 14.4 Å². The van der Waals surface area contributed by atoms with Gasteiger partial charge in [-0.3, -0.25) is 0 Å². The van der Waals surface area contributed by atoms with Gasteiger partial charge in [-0.25, -0.2) is 9.37 Å². The average molecular weight is 243 g/mol. The molecule has 2 aromatic rings. The van der Waals surface area contributed by atoms with Crippen LogP contribution in [0.25, 0.3) is 10.3 Å². The lowest BCUT2D eigenvalue weighted by molar-refractivity contribution is -0.0593. The first kappa shape index (κ1) is 9.09. The molecule has 0 spiro atoms. The van der Waals surface area contributed by atoms with Crippen molar-refractivity contribution in [3.63, 3.8) is 0 Å². The summed E-state index contributed by atoms with van der Waals surface area (Å²) in [6.45, 7) is 0.979. The normalized spacial score (nSPS) is 21.1.